The maximum Gasteiger partial charge on any atom is 0.234 e. The van der Waals surface area contributed by atoms with Crippen molar-refractivity contribution >= 4 is 17.4 Å². The van der Waals surface area contributed by atoms with E-state index in [4.69, 9.17) is 10.9 Å². The molecule has 0 saturated carbocycles. The predicted molar refractivity (Wildman–Crippen MR) is 60.2 cm³/mol. The standard InChI is InChI=1S/C10H14N4O2/c1-6-3-4-8(5-12-6)13-10(15)7(2)9(11)14-16/h3-5,7,16H,1-2H3,(H2,11,14)(H,13,15). The van der Waals surface area contributed by atoms with E-state index in [0.717, 1.165) is 5.69 Å². The van der Waals surface area contributed by atoms with Crippen LogP contribution in [0.15, 0.2) is 23.5 Å². The molecule has 16 heavy (non-hydrogen) atoms. The second-order valence-electron chi connectivity index (χ2n) is 3.42. The number of hydrogen-bond acceptors (Lipinski definition) is 4. The van der Waals surface area contributed by atoms with Crippen LogP contribution in [-0.2, 0) is 4.79 Å². The van der Waals surface area contributed by atoms with Gasteiger partial charge in [0, 0.05) is 5.69 Å². The summed E-state index contributed by atoms with van der Waals surface area (Å²) in [6.07, 6.45) is 1.55. The van der Waals surface area contributed by atoms with E-state index in [1.807, 2.05) is 6.92 Å². The van der Waals surface area contributed by atoms with Gasteiger partial charge in [0.25, 0.3) is 0 Å². The molecule has 1 rings (SSSR count). The van der Waals surface area contributed by atoms with Crippen molar-refractivity contribution in [3.05, 3.63) is 24.0 Å². The molecule has 4 N–H and O–H groups in total. The number of carbonyl (C=O) groups excluding carboxylic acids is 1. The fourth-order valence-electron chi connectivity index (χ4n) is 1.01. The van der Waals surface area contributed by atoms with Crippen LogP contribution in [-0.4, -0.2) is 21.9 Å². The van der Waals surface area contributed by atoms with Gasteiger partial charge in [-0.3, -0.25) is 9.78 Å². The van der Waals surface area contributed by atoms with Crippen LogP contribution in [0.3, 0.4) is 0 Å². The van der Waals surface area contributed by atoms with Gasteiger partial charge in [0.05, 0.1) is 17.8 Å². The minimum atomic E-state index is -0.689. The van der Waals surface area contributed by atoms with E-state index < -0.39 is 5.92 Å². The first-order valence-electron chi connectivity index (χ1n) is 4.75. The first kappa shape index (κ1) is 12.0. The molecule has 6 heteroatoms. The molecule has 0 radical (unpaired) electrons. The normalized spacial score (nSPS) is 13.2. The molecule has 0 aliphatic heterocycles. The zero-order valence-electron chi connectivity index (χ0n) is 9.14. The molecule has 0 aliphatic rings. The highest BCUT2D eigenvalue weighted by Crippen LogP contribution is 2.07. The minimum Gasteiger partial charge on any atom is -0.409 e. The minimum absolute atomic E-state index is 0.127. The molecular formula is C10H14N4O2. The number of amidine groups is 1. The summed E-state index contributed by atoms with van der Waals surface area (Å²) in [6, 6.07) is 3.52. The Balaban J connectivity index is 2.68. The maximum atomic E-state index is 11.6. The first-order chi connectivity index (χ1) is 7.54. The number of amides is 1. The Kier molecular flexibility index (Phi) is 3.82. The molecule has 6 nitrogen and oxygen atoms in total. The number of hydrogen-bond donors (Lipinski definition) is 3. The predicted octanol–water partition coefficient (Wildman–Crippen LogP) is 0.711. The van der Waals surface area contributed by atoms with Crippen molar-refractivity contribution in [2.24, 2.45) is 16.8 Å². The van der Waals surface area contributed by atoms with E-state index in [9.17, 15) is 4.79 Å². The molecule has 1 atom stereocenters. The lowest BCUT2D eigenvalue weighted by Crippen LogP contribution is -2.32. The van der Waals surface area contributed by atoms with E-state index in [0.29, 0.717) is 5.69 Å². The van der Waals surface area contributed by atoms with Crippen molar-refractivity contribution in [1.29, 1.82) is 0 Å². The summed E-state index contributed by atoms with van der Waals surface area (Å²) in [6.45, 7) is 3.40. The third-order valence-corrected chi connectivity index (χ3v) is 2.13. The fraction of sp³-hybridized carbons (Fsp3) is 0.300. The summed E-state index contributed by atoms with van der Waals surface area (Å²) in [5.74, 6) is -1.16. The van der Waals surface area contributed by atoms with Gasteiger partial charge >= 0.3 is 0 Å². The van der Waals surface area contributed by atoms with Crippen LogP contribution in [0.4, 0.5) is 5.69 Å². The largest absolute Gasteiger partial charge is 0.409 e. The van der Waals surface area contributed by atoms with E-state index in [2.05, 4.69) is 15.5 Å². The number of nitrogens with two attached hydrogens (primary N) is 1. The van der Waals surface area contributed by atoms with Gasteiger partial charge in [-0.15, -0.1) is 0 Å². The van der Waals surface area contributed by atoms with E-state index in [1.54, 1.807) is 25.3 Å². The van der Waals surface area contributed by atoms with Crippen molar-refractivity contribution in [2.75, 3.05) is 5.32 Å². The van der Waals surface area contributed by atoms with Crippen LogP contribution in [0, 0.1) is 12.8 Å². The van der Waals surface area contributed by atoms with E-state index >= 15 is 0 Å². The Labute approximate surface area is 93.2 Å². The number of aryl methyl sites for hydroxylation is 1. The zero-order chi connectivity index (χ0) is 12.1. The summed E-state index contributed by atoms with van der Waals surface area (Å²) >= 11 is 0. The van der Waals surface area contributed by atoms with E-state index in [1.165, 1.54) is 0 Å². The average Bonchev–Trinajstić information content (AvgIpc) is 2.30. The van der Waals surface area contributed by atoms with Gasteiger partial charge < -0.3 is 16.3 Å². The van der Waals surface area contributed by atoms with Crippen LogP contribution in [0.25, 0.3) is 0 Å². The molecule has 1 unspecified atom stereocenters. The number of pyridine rings is 1. The Morgan fingerprint density at radius 2 is 2.31 bits per heavy atom. The molecule has 0 bridgehead atoms. The number of nitrogens with zero attached hydrogens (tertiary/aromatic N) is 2. The topological polar surface area (TPSA) is 101 Å². The molecule has 1 aromatic rings. The van der Waals surface area contributed by atoms with Gasteiger partial charge in [-0.1, -0.05) is 5.16 Å². The summed E-state index contributed by atoms with van der Waals surface area (Å²) < 4.78 is 0. The molecular weight excluding hydrogens is 208 g/mol. The van der Waals surface area contributed by atoms with Gasteiger partial charge in [-0.05, 0) is 26.0 Å². The van der Waals surface area contributed by atoms with Gasteiger partial charge in [0.1, 0.15) is 0 Å². The third-order valence-electron chi connectivity index (χ3n) is 2.13. The van der Waals surface area contributed by atoms with E-state index in [-0.39, 0.29) is 11.7 Å². The number of nitrogens with one attached hydrogen (secondary N) is 1. The molecule has 0 aliphatic carbocycles. The van der Waals surface area contributed by atoms with Crippen LogP contribution in [0.2, 0.25) is 0 Å². The molecule has 0 aromatic carbocycles. The van der Waals surface area contributed by atoms with Gasteiger partial charge in [-0.2, -0.15) is 0 Å². The Hall–Kier alpha value is -2.11. The van der Waals surface area contributed by atoms with Crippen LogP contribution in [0.1, 0.15) is 12.6 Å². The lowest BCUT2D eigenvalue weighted by Gasteiger charge is -2.10. The number of anilines is 1. The highest BCUT2D eigenvalue weighted by atomic mass is 16.4. The van der Waals surface area contributed by atoms with Crippen LogP contribution < -0.4 is 11.1 Å². The number of rotatable bonds is 3. The smallest absolute Gasteiger partial charge is 0.234 e. The van der Waals surface area contributed by atoms with Crippen molar-refractivity contribution in [2.45, 2.75) is 13.8 Å². The zero-order valence-corrected chi connectivity index (χ0v) is 9.14. The molecule has 86 valence electrons. The second kappa shape index (κ2) is 5.11. The fourth-order valence-corrected chi connectivity index (χ4v) is 1.01. The monoisotopic (exact) mass is 222 g/mol. The quantitative estimate of drug-likeness (QED) is 0.303. The molecule has 1 heterocycles. The Bertz CT molecular complexity index is 400. The Morgan fingerprint density at radius 1 is 1.62 bits per heavy atom. The lowest BCUT2D eigenvalue weighted by atomic mass is 10.1. The molecule has 1 amide bonds. The maximum absolute atomic E-state index is 11.6. The second-order valence-corrected chi connectivity index (χ2v) is 3.42. The number of aromatic nitrogens is 1. The van der Waals surface area contributed by atoms with Crippen molar-refractivity contribution in [3.63, 3.8) is 0 Å². The third kappa shape index (κ3) is 2.94. The molecule has 0 saturated heterocycles. The number of oxime groups is 1. The molecule has 0 fully saturated rings. The van der Waals surface area contributed by atoms with Crippen molar-refractivity contribution in [1.82, 2.24) is 4.98 Å². The SMILES string of the molecule is Cc1ccc(NC(=O)C(C)/C(N)=N/O)cn1. The molecule has 1 aromatic heterocycles. The average molecular weight is 222 g/mol. The first-order valence-corrected chi connectivity index (χ1v) is 4.75. The van der Waals surface area contributed by atoms with Crippen LogP contribution >= 0.6 is 0 Å². The summed E-state index contributed by atoms with van der Waals surface area (Å²) in [4.78, 5) is 15.6. The van der Waals surface area contributed by atoms with Crippen molar-refractivity contribution in [3.8, 4) is 0 Å². The summed E-state index contributed by atoms with van der Waals surface area (Å²) in [5.41, 5.74) is 6.76. The van der Waals surface area contributed by atoms with Crippen LogP contribution in [0.5, 0.6) is 0 Å². The summed E-state index contributed by atoms with van der Waals surface area (Å²) in [7, 11) is 0. The Morgan fingerprint density at radius 3 is 2.81 bits per heavy atom. The highest BCUT2D eigenvalue weighted by molar-refractivity contribution is 6.07. The highest BCUT2D eigenvalue weighted by Gasteiger charge is 2.17. The summed E-state index contributed by atoms with van der Waals surface area (Å²) in [5, 5.41) is 13.8. The molecule has 0 spiro atoms. The lowest BCUT2D eigenvalue weighted by molar-refractivity contribution is -0.117. The van der Waals surface area contributed by atoms with Gasteiger partial charge in [-0.25, -0.2) is 0 Å². The van der Waals surface area contributed by atoms with Crippen molar-refractivity contribution < 1.29 is 10.0 Å². The van der Waals surface area contributed by atoms with Gasteiger partial charge in [0.2, 0.25) is 5.91 Å². The van der Waals surface area contributed by atoms with Gasteiger partial charge in [0.15, 0.2) is 5.84 Å². The number of carbonyl (C=O) groups is 1.